The number of nitrogens with one attached hydrogen (secondary N) is 2. The van der Waals surface area contributed by atoms with Crippen molar-refractivity contribution in [1.29, 1.82) is 0 Å². The van der Waals surface area contributed by atoms with E-state index in [-0.39, 0.29) is 0 Å². The molecule has 0 atom stereocenters. The highest BCUT2D eigenvalue weighted by Crippen LogP contribution is 2.25. The van der Waals surface area contributed by atoms with Crippen molar-refractivity contribution in [3.8, 4) is 0 Å². The highest BCUT2D eigenvalue weighted by Gasteiger charge is 2.01. The lowest BCUT2D eigenvalue weighted by molar-refractivity contribution is 0.777. The highest BCUT2D eigenvalue weighted by molar-refractivity contribution is 9.10. The molecule has 0 fully saturated rings. The maximum absolute atomic E-state index is 6.05. The first-order valence-corrected chi connectivity index (χ1v) is 8.68. The number of thiocarbonyl (C=S) groups is 1. The summed E-state index contributed by atoms with van der Waals surface area (Å²) in [6, 6.07) is 14.3. The van der Waals surface area contributed by atoms with Crippen molar-refractivity contribution < 1.29 is 0 Å². The fourth-order valence-corrected chi connectivity index (χ4v) is 2.65. The minimum Gasteiger partial charge on any atom is -0.362 e. The minimum atomic E-state index is 0.613. The first-order valence-electron chi connectivity index (χ1n) is 7.10. The molecule has 5 heteroatoms. The first-order chi connectivity index (χ1) is 10.5. The van der Waals surface area contributed by atoms with E-state index in [9.17, 15) is 0 Å². The van der Waals surface area contributed by atoms with Crippen LogP contribution in [0.15, 0.2) is 46.9 Å². The Balaban J connectivity index is 1.71. The fraction of sp³-hybridized carbons (Fsp3) is 0.235. The second-order valence-corrected chi connectivity index (χ2v) is 6.77. The molecule has 0 aromatic heterocycles. The van der Waals surface area contributed by atoms with E-state index in [1.807, 2.05) is 18.2 Å². The molecule has 0 saturated carbocycles. The fourth-order valence-electron chi connectivity index (χ4n) is 2.00. The zero-order valence-corrected chi connectivity index (χ0v) is 15.5. The van der Waals surface area contributed by atoms with Crippen LogP contribution in [-0.2, 0) is 6.42 Å². The van der Waals surface area contributed by atoms with Crippen LogP contribution in [0.2, 0.25) is 5.02 Å². The van der Waals surface area contributed by atoms with Crippen LogP contribution in [0.25, 0.3) is 0 Å². The van der Waals surface area contributed by atoms with Gasteiger partial charge in [-0.1, -0.05) is 41.4 Å². The van der Waals surface area contributed by atoms with Gasteiger partial charge in [-0.05, 0) is 71.7 Å². The van der Waals surface area contributed by atoms with Gasteiger partial charge in [-0.25, -0.2) is 0 Å². The van der Waals surface area contributed by atoms with Gasteiger partial charge in [0.05, 0.1) is 5.02 Å². The zero-order valence-electron chi connectivity index (χ0n) is 12.3. The molecule has 0 unspecified atom stereocenters. The van der Waals surface area contributed by atoms with Crippen molar-refractivity contribution in [2.75, 3.05) is 11.9 Å². The van der Waals surface area contributed by atoms with Crippen molar-refractivity contribution in [3.63, 3.8) is 0 Å². The van der Waals surface area contributed by atoms with Gasteiger partial charge in [-0.2, -0.15) is 0 Å². The lowest BCUT2D eigenvalue weighted by Crippen LogP contribution is -2.29. The molecule has 0 aliphatic heterocycles. The monoisotopic (exact) mass is 396 g/mol. The quantitative estimate of drug-likeness (QED) is 0.526. The van der Waals surface area contributed by atoms with Gasteiger partial charge in [-0.3, -0.25) is 0 Å². The number of anilines is 1. The second-order valence-electron chi connectivity index (χ2n) is 5.10. The molecule has 2 rings (SSSR count). The van der Waals surface area contributed by atoms with Crippen molar-refractivity contribution in [2.24, 2.45) is 0 Å². The summed E-state index contributed by atoms with van der Waals surface area (Å²) in [4.78, 5) is 0. The summed E-state index contributed by atoms with van der Waals surface area (Å²) < 4.78 is 0.872. The van der Waals surface area contributed by atoms with Gasteiger partial charge in [0.1, 0.15) is 0 Å². The molecule has 2 aromatic rings. The van der Waals surface area contributed by atoms with Crippen LogP contribution >= 0.6 is 39.7 Å². The molecule has 0 heterocycles. The Labute approximate surface area is 150 Å². The van der Waals surface area contributed by atoms with Crippen molar-refractivity contribution in [3.05, 3.63) is 63.1 Å². The van der Waals surface area contributed by atoms with E-state index in [2.05, 4.69) is 57.8 Å². The number of hydrogen-bond acceptors (Lipinski definition) is 1. The Kier molecular flexibility index (Phi) is 6.68. The molecule has 0 aliphatic rings. The maximum atomic E-state index is 6.05. The summed E-state index contributed by atoms with van der Waals surface area (Å²) in [7, 11) is 0. The van der Waals surface area contributed by atoms with Gasteiger partial charge in [0.2, 0.25) is 0 Å². The summed E-state index contributed by atoms with van der Waals surface area (Å²) in [5, 5.41) is 7.62. The molecule has 116 valence electrons. The summed E-state index contributed by atoms with van der Waals surface area (Å²) in [6.07, 6.45) is 2.08. The molecule has 2 N–H and O–H groups in total. The smallest absolute Gasteiger partial charge is 0.170 e. The van der Waals surface area contributed by atoms with Gasteiger partial charge in [0.25, 0.3) is 0 Å². The molecular weight excluding hydrogens is 380 g/mol. The number of aryl methyl sites for hydroxylation is 2. The molecule has 2 aromatic carbocycles. The largest absolute Gasteiger partial charge is 0.362 e. The van der Waals surface area contributed by atoms with Gasteiger partial charge >= 0.3 is 0 Å². The number of benzene rings is 2. The molecule has 22 heavy (non-hydrogen) atoms. The lowest BCUT2D eigenvalue weighted by atomic mass is 10.1. The molecule has 2 nitrogen and oxygen atoms in total. The van der Waals surface area contributed by atoms with E-state index in [4.69, 9.17) is 23.8 Å². The highest BCUT2D eigenvalue weighted by atomic mass is 79.9. The van der Waals surface area contributed by atoms with E-state index >= 15 is 0 Å². The molecule has 0 amide bonds. The van der Waals surface area contributed by atoms with Crippen molar-refractivity contribution in [1.82, 2.24) is 5.32 Å². The van der Waals surface area contributed by atoms with Crippen LogP contribution in [0.5, 0.6) is 0 Å². The standard InChI is InChI=1S/C17H18BrClN2S/c1-12-4-6-13(7-5-12)3-2-10-20-17(22)21-14-8-9-15(18)16(19)11-14/h4-9,11H,2-3,10H2,1H3,(H2,20,21,22). The average molecular weight is 398 g/mol. The first kappa shape index (κ1) is 17.3. The summed E-state index contributed by atoms with van der Waals surface area (Å²) in [5.41, 5.74) is 3.52. The number of rotatable bonds is 5. The van der Waals surface area contributed by atoms with E-state index in [0.717, 1.165) is 29.5 Å². The third kappa shape index (κ3) is 5.59. The van der Waals surface area contributed by atoms with E-state index in [0.29, 0.717) is 10.1 Å². The third-order valence-corrected chi connectivity index (χ3v) is 4.70. The Bertz CT molecular complexity index is 644. The molecular formula is C17H18BrClN2S. The molecule has 0 saturated heterocycles. The minimum absolute atomic E-state index is 0.613. The van der Waals surface area contributed by atoms with E-state index in [1.165, 1.54) is 11.1 Å². The van der Waals surface area contributed by atoms with Crippen LogP contribution in [0.1, 0.15) is 17.5 Å². The molecule has 0 radical (unpaired) electrons. The van der Waals surface area contributed by atoms with Crippen LogP contribution in [0.4, 0.5) is 5.69 Å². The van der Waals surface area contributed by atoms with Gasteiger partial charge in [0, 0.05) is 16.7 Å². The SMILES string of the molecule is Cc1ccc(CCCNC(=S)Nc2ccc(Br)c(Cl)c2)cc1. The zero-order chi connectivity index (χ0) is 15.9. The Morgan fingerprint density at radius 2 is 1.91 bits per heavy atom. The topological polar surface area (TPSA) is 24.1 Å². The summed E-state index contributed by atoms with van der Waals surface area (Å²) in [6.45, 7) is 2.94. The Morgan fingerprint density at radius 1 is 1.18 bits per heavy atom. The van der Waals surface area contributed by atoms with E-state index in [1.54, 1.807) is 0 Å². The van der Waals surface area contributed by atoms with Crippen LogP contribution in [-0.4, -0.2) is 11.7 Å². The Hall–Kier alpha value is -1.10. The normalized spacial score (nSPS) is 10.3. The van der Waals surface area contributed by atoms with Gasteiger partial charge < -0.3 is 10.6 Å². The second kappa shape index (κ2) is 8.51. The Morgan fingerprint density at radius 3 is 2.59 bits per heavy atom. The van der Waals surface area contributed by atoms with Crippen molar-refractivity contribution in [2.45, 2.75) is 19.8 Å². The number of halogens is 2. The van der Waals surface area contributed by atoms with Gasteiger partial charge in [-0.15, -0.1) is 0 Å². The average Bonchev–Trinajstić information content (AvgIpc) is 2.49. The van der Waals surface area contributed by atoms with Crippen LogP contribution in [0, 0.1) is 6.92 Å². The maximum Gasteiger partial charge on any atom is 0.170 e. The summed E-state index contributed by atoms with van der Waals surface area (Å²) in [5.74, 6) is 0. The van der Waals surface area contributed by atoms with Gasteiger partial charge in [0.15, 0.2) is 5.11 Å². The molecule has 0 aliphatic carbocycles. The molecule has 0 spiro atoms. The van der Waals surface area contributed by atoms with Crippen LogP contribution in [0.3, 0.4) is 0 Å². The lowest BCUT2D eigenvalue weighted by Gasteiger charge is -2.11. The van der Waals surface area contributed by atoms with Crippen LogP contribution < -0.4 is 10.6 Å². The predicted octanol–water partition coefficient (Wildman–Crippen LogP) is 5.33. The predicted molar refractivity (Wildman–Crippen MR) is 103 cm³/mol. The van der Waals surface area contributed by atoms with Crippen molar-refractivity contribution >= 4 is 50.5 Å². The van der Waals surface area contributed by atoms with E-state index < -0.39 is 0 Å². The third-order valence-electron chi connectivity index (χ3n) is 3.23. The summed E-state index contributed by atoms with van der Waals surface area (Å²) >= 11 is 14.7. The molecule has 0 bridgehead atoms. The number of hydrogen-bond donors (Lipinski definition) is 2.